The molecule has 2 aromatic carbocycles. The molecule has 0 radical (unpaired) electrons. The Bertz CT molecular complexity index is 1250. The van der Waals surface area contributed by atoms with E-state index < -0.39 is 0 Å². The minimum Gasteiger partial charge on any atom is -0.496 e. The number of ether oxygens (including phenoxy) is 1. The lowest BCUT2D eigenvalue weighted by Crippen LogP contribution is -2.15. The number of halogens is 1. The lowest BCUT2D eigenvalue weighted by Gasteiger charge is -2.18. The molecule has 9 heteroatoms. The van der Waals surface area contributed by atoms with Crippen LogP contribution < -0.4 is 10.1 Å². The van der Waals surface area contributed by atoms with E-state index >= 15 is 0 Å². The number of aryl methyl sites for hydroxylation is 1. The van der Waals surface area contributed by atoms with Crippen LogP contribution in [0.2, 0.25) is 0 Å². The highest BCUT2D eigenvalue weighted by atomic mass is 79.9. The van der Waals surface area contributed by atoms with Gasteiger partial charge in [0.25, 0.3) is 0 Å². The summed E-state index contributed by atoms with van der Waals surface area (Å²) >= 11 is 6.69. The van der Waals surface area contributed by atoms with Crippen molar-refractivity contribution in [3.63, 3.8) is 0 Å². The molecule has 0 saturated heterocycles. The number of nitrogens with zero attached hydrogens (tertiary/aromatic N) is 3. The molecule has 1 aliphatic rings. The maximum atomic E-state index is 12.6. The molecule has 152 valence electrons. The number of para-hydroxylation sites is 1. The summed E-state index contributed by atoms with van der Waals surface area (Å²) in [6.45, 7) is 1.97. The van der Waals surface area contributed by atoms with Crippen molar-refractivity contribution in [3.8, 4) is 10.9 Å². The van der Waals surface area contributed by atoms with Crippen LogP contribution in [0.4, 0.5) is 5.82 Å². The summed E-state index contributed by atoms with van der Waals surface area (Å²) in [5.74, 6) is 1.74. The number of anilines is 1. The quantitative estimate of drug-likeness (QED) is 0.411. The Hall–Kier alpha value is -2.36. The van der Waals surface area contributed by atoms with E-state index in [2.05, 4.69) is 21.2 Å². The fourth-order valence-corrected chi connectivity index (χ4v) is 6.13. The number of carbonyl (C=O) groups excluding carboxylic acids is 1. The van der Waals surface area contributed by atoms with Gasteiger partial charge < -0.3 is 10.1 Å². The zero-order valence-electron chi connectivity index (χ0n) is 16.2. The molecule has 2 aromatic heterocycles. The second kappa shape index (κ2) is 7.72. The summed E-state index contributed by atoms with van der Waals surface area (Å²) in [5, 5.41) is 8.46. The van der Waals surface area contributed by atoms with Crippen LogP contribution in [-0.2, 0) is 4.79 Å². The van der Waals surface area contributed by atoms with Crippen LogP contribution in [0, 0.1) is 6.92 Å². The van der Waals surface area contributed by atoms with E-state index in [9.17, 15) is 4.79 Å². The third-order valence-electron chi connectivity index (χ3n) is 4.95. The first-order valence-electron chi connectivity index (χ1n) is 9.25. The molecule has 0 unspecified atom stereocenters. The predicted molar refractivity (Wildman–Crippen MR) is 125 cm³/mol. The van der Waals surface area contributed by atoms with Gasteiger partial charge in [0, 0.05) is 15.6 Å². The van der Waals surface area contributed by atoms with E-state index in [4.69, 9.17) is 14.8 Å². The van der Waals surface area contributed by atoms with Gasteiger partial charge in [-0.1, -0.05) is 39.4 Å². The van der Waals surface area contributed by atoms with Gasteiger partial charge in [0.2, 0.25) is 11.0 Å². The first-order chi connectivity index (χ1) is 14.5. The van der Waals surface area contributed by atoms with Gasteiger partial charge in [-0.05, 0) is 37.3 Å². The van der Waals surface area contributed by atoms with Gasteiger partial charge in [-0.25, -0.2) is 4.98 Å². The van der Waals surface area contributed by atoms with E-state index in [1.165, 1.54) is 0 Å². The zero-order valence-corrected chi connectivity index (χ0v) is 19.4. The average Bonchev–Trinajstić information content (AvgIpc) is 3.24. The molecule has 1 N–H and O–H groups in total. The molecule has 4 aromatic rings. The highest BCUT2D eigenvalue weighted by molar-refractivity contribution is 9.10. The van der Waals surface area contributed by atoms with Crippen molar-refractivity contribution in [1.29, 1.82) is 0 Å². The summed E-state index contributed by atoms with van der Waals surface area (Å²) < 4.78 is 9.43. The second-order valence-corrected chi connectivity index (χ2v) is 9.87. The van der Waals surface area contributed by atoms with Crippen molar-refractivity contribution in [2.75, 3.05) is 18.2 Å². The van der Waals surface area contributed by atoms with Gasteiger partial charge >= 0.3 is 0 Å². The number of methoxy groups -OCH3 is 1. The number of thiazole rings is 1. The van der Waals surface area contributed by atoms with Crippen molar-refractivity contribution in [1.82, 2.24) is 14.8 Å². The number of amides is 1. The number of hydrogen-bond donors (Lipinski definition) is 1. The lowest BCUT2D eigenvalue weighted by atomic mass is 10.0. The van der Waals surface area contributed by atoms with Gasteiger partial charge in [0.05, 0.1) is 34.0 Å². The highest BCUT2D eigenvalue weighted by Gasteiger charge is 2.33. The van der Waals surface area contributed by atoms with Crippen molar-refractivity contribution in [2.45, 2.75) is 12.2 Å². The highest BCUT2D eigenvalue weighted by Crippen LogP contribution is 2.47. The van der Waals surface area contributed by atoms with Crippen molar-refractivity contribution < 1.29 is 9.53 Å². The molecule has 0 saturated carbocycles. The third-order valence-corrected chi connectivity index (χ3v) is 7.70. The number of carbonyl (C=O) groups is 1. The molecular weight excluding hydrogens is 484 g/mol. The van der Waals surface area contributed by atoms with Crippen molar-refractivity contribution in [2.24, 2.45) is 0 Å². The molecule has 1 aliphatic heterocycles. The molecule has 30 heavy (non-hydrogen) atoms. The molecule has 5 rings (SSSR count). The van der Waals surface area contributed by atoms with Crippen LogP contribution >= 0.6 is 39.0 Å². The SMILES string of the molecule is COc1ccc(Br)cc1[C@H]1SCC(=O)Nc2c1c(C)nn2-c1nc2ccccc2s1. The van der Waals surface area contributed by atoms with Crippen LogP contribution in [0.15, 0.2) is 46.9 Å². The fraction of sp³-hybridized carbons (Fsp3) is 0.190. The Balaban J connectivity index is 1.71. The zero-order chi connectivity index (χ0) is 20.8. The van der Waals surface area contributed by atoms with E-state index in [1.807, 2.05) is 49.4 Å². The van der Waals surface area contributed by atoms with Crippen LogP contribution in [0.3, 0.4) is 0 Å². The van der Waals surface area contributed by atoms with Gasteiger partial charge in [-0.3, -0.25) is 4.79 Å². The summed E-state index contributed by atoms with van der Waals surface area (Å²) in [5.41, 5.74) is 3.74. The van der Waals surface area contributed by atoms with E-state index in [0.717, 1.165) is 42.4 Å². The van der Waals surface area contributed by atoms with E-state index in [0.29, 0.717) is 11.6 Å². The van der Waals surface area contributed by atoms with Crippen LogP contribution in [0.5, 0.6) is 5.75 Å². The van der Waals surface area contributed by atoms with Crippen LogP contribution in [0.1, 0.15) is 22.1 Å². The van der Waals surface area contributed by atoms with Crippen molar-refractivity contribution >= 4 is 61.0 Å². The van der Waals surface area contributed by atoms with E-state index in [1.54, 1.807) is 34.9 Å². The first kappa shape index (κ1) is 19.6. The Labute approximate surface area is 189 Å². The normalized spacial score (nSPS) is 16.2. The number of thioether (sulfide) groups is 1. The summed E-state index contributed by atoms with van der Waals surface area (Å²) in [4.78, 5) is 17.3. The largest absolute Gasteiger partial charge is 0.496 e. The standard InChI is InChI=1S/C21H17BrN4O2S2/c1-11-18-19(13-9-12(22)7-8-15(13)28-2)29-10-17(27)24-20(18)26(25-11)21-23-14-5-3-4-6-16(14)30-21/h3-9,19H,10H2,1-2H3,(H,24,27)/t19-/m1/s1. The number of rotatable bonds is 3. The monoisotopic (exact) mass is 500 g/mol. The van der Waals surface area contributed by atoms with Gasteiger partial charge in [-0.2, -0.15) is 9.78 Å². The van der Waals surface area contributed by atoms with E-state index in [-0.39, 0.29) is 11.2 Å². The third kappa shape index (κ3) is 3.30. The summed E-state index contributed by atoms with van der Waals surface area (Å²) in [6.07, 6.45) is 0. The Morgan fingerprint density at radius 1 is 1.27 bits per heavy atom. The molecule has 0 fully saturated rings. The predicted octanol–water partition coefficient (Wildman–Crippen LogP) is 5.34. The minimum absolute atomic E-state index is 0.0556. The average molecular weight is 501 g/mol. The fourth-order valence-electron chi connectivity index (χ4n) is 3.63. The molecule has 3 heterocycles. The summed E-state index contributed by atoms with van der Waals surface area (Å²) in [7, 11) is 1.66. The molecule has 1 atom stereocenters. The second-order valence-electron chi connectivity index (χ2n) is 6.85. The lowest BCUT2D eigenvalue weighted by molar-refractivity contribution is -0.113. The molecule has 1 amide bonds. The van der Waals surface area contributed by atoms with Gasteiger partial charge in [0.15, 0.2) is 0 Å². The number of benzene rings is 2. The maximum absolute atomic E-state index is 12.6. The molecular formula is C21H17BrN4O2S2. The molecule has 6 nitrogen and oxygen atoms in total. The number of aromatic nitrogens is 3. The van der Waals surface area contributed by atoms with Crippen LogP contribution in [0.25, 0.3) is 15.3 Å². The molecule has 0 aliphatic carbocycles. The Morgan fingerprint density at radius 2 is 2.10 bits per heavy atom. The van der Waals surface area contributed by atoms with Gasteiger partial charge in [-0.15, -0.1) is 11.8 Å². The number of fused-ring (bicyclic) bond motifs is 2. The maximum Gasteiger partial charge on any atom is 0.235 e. The van der Waals surface area contributed by atoms with Gasteiger partial charge in [0.1, 0.15) is 11.6 Å². The Kier molecular flexibility index (Phi) is 5.04. The smallest absolute Gasteiger partial charge is 0.235 e. The molecule has 0 spiro atoms. The number of hydrogen-bond acceptors (Lipinski definition) is 6. The minimum atomic E-state index is -0.102. The summed E-state index contributed by atoms with van der Waals surface area (Å²) in [6, 6.07) is 13.9. The van der Waals surface area contributed by atoms with Crippen molar-refractivity contribution in [3.05, 3.63) is 63.8 Å². The number of nitrogens with one attached hydrogen (secondary N) is 1. The Morgan fingerprint density at radius 3 is 2.90 bits per heavy atom. The van der Waals surface area contributed by atoms with Crippen LogP contribution in [-0.4, -0.2) is 33.5 Å². The first-order valence-corrected chi connectivity index (χ1v) is 11.9. The molecule has 0 bridgehead atoms. The topological polar surface area (TPSA) is 69.0 Å².